The molecule has 10 nitrogen and oxygen atoms in total. The Morgan fingerprint density at radius 2 is 1.28 bits per heavy atom. The molecule has 0 bridgehead atoms. The number of anilines is 2. The van der Waals surface area contributed by atoms with Gasteiger partial charge in [0, 0.05) is 12.4 Å². The van der Waals surface area contributed by atoms with Crippen LogP contribution in [-0.4, -0.2) is 52.5 Å². The van der Waals surface area contributed by atoms with E-state index in [-0.39, 0.29) is 23.3 Å². The minimum Gasteiger partial charge on any atom is -0.294 e. The second-order valence-corrected chi connectivity index (χ2v) is 7.49. The lowest BCUT2D eigenvalue weighted by Gasteiger charge is -2.05. The van der Waals surface area contributed by atoms with E-state index in [1.165, 1.54) is 11.8 Å². The Morgan fingerprint density at radius 3 is 1.72 bits per heavy atom. The summed E-state index contributed by atoms with van der Waals surface area (Å²) in [6.07, 6.45) is 3.59. The molecular formula is C18H18N8O2S. The molecule has 0 aliphatic carbocycles. The molecule has 4 aromatic rings. The van der Waals surface area contributed by atoms with Crippen LogP contribution in [0.15, 0.2) is 36.7 Å². The van der Waals surface area contributed by atoms with Gasteiger partial charge in [0.15, 0.2) is 11.3 Å². The predicted octanol–water partition coefficient (Wildman–Crippen LogP) is 1.70. The third-order valence-electron chi connectivity index (χ3n) is 4.10. The van der Waals surface area contributed by atoms with Crippen molar-refractivity contribution >= 4 is 46.8 Å². The number of hydrogen-bond acceptors (Lipinski definition) is 7. The number of amides is 2. The number of hydrogen-bond donors (Lipinski definition) is 2. The van der Waals surface area contributed by atoms with E-state index >= 15 is 0 Å². The lowest BCUT2D eigenvalue weighted by Crippen LogP contribution is -2.20. The topological polar surface area (TPSA) is 119 Å². The number of carbonyl (C=O) groups excluding carboxylic acids is 2. The van der Waals surface area contributed by atoms with Crippen molar-refractivity contribution < 1.29 is 9.59 Å². The summed E-state index contributed by atoms with van der Waals surface area (Å²) in [5.41, 5.74) is 3.42. The highest BCUT2D eigenvalue weighted by Gasteiger charge is 2.12. The van der Waals surface area contributed by atoms with Crippen molar-refractivity contribution in [3.8, 4) is 0 Å². The Hall–Kier alpha value is -3.47. The van der Waals surface area contributed by atoms with Crippen LogP contribution >= 0.6 is 11.8 Å². The fourth-order valence-electron chi connectivity index (χ4n) is 2.71. The zero-order valence-corrected chi connectivity index (χ0v) is 16.6. The molecule has 0 atom stereocenters. The summed E-state index contributed by atoms with van der Waals surface area (Å²) in [5, 5.41) is 21.4. The van der Waals surface area contributed by atoms with Gasteiger partial charge in [-0.2, -0.15) is 0 Å². The van der Waals surface area contributed by atoms with E-state index in [0.717, 1.165) is 11.1 Å². The number of nitrogens with zero attached hydrogens (tertiary/aromatic N) is 6. The molecule has 0 saturated heterocycles. The minimum absolute atomic E-state index is 0.105. The van der Waals surface area contributed by atoms with E-state index in [1.54, 1.807) is 21.2 Å². The molecule has 0 unspecified atom stereocenters. The molecule has 0 aliphatic heterocycles. The van der Waals surface area contributed by atoms with Gasteiger partial charge in [0.2, 0.25) is 23.7 Å². The molecule has 148 valence electrons. The van der Waals surface area contributed by atoms with Crippen LogP contribution in [0, 0.1) is 13.8 Å². The maximum Gasteiger partial charge on any atom is 0.236 e. The lowest BCUT2D eigenvalue weighted by atomic mass is 10.3. The Morgan fingerprint density at radius 1 is 0.828 bits per heavy atom. The zero-order valence-electron chi connectivity index (χ0n) is 15.8. The monoisotopic (exact) mass is 410 g/mol. The van der Waals surface area contributed by atoms with E-state index < -0.39 is 0 Å². The van der Waals surface area contributed by atoms with Crippen LogP contribution in [0.3, 0.4) is 0 Å². The average Bonchev–Trinajstić information content (AvgIpc) is 3.25. The Balaban J connectivity index is 1.28. The fourth-order valence-corrected chi connectivity index (χ4v) is 3.33. The van der Waals surface area contributed by atoms with Crippen LogP contribution in [0.2, 0.25) is 0 Å². The fraction of sp³-hybridized carbons (Fsp3) is 0.222. The number of pyridine rings is 2. The van der Waals surface area contributed by atoms with Crippen LogP contribution in [0.1, 0.15) is 11.1 Å². The molecule has 2 amide bonds. The summed E-state index contributed by atoms with van der Waals surface area (Å²) in [7, 11) is 0. The van der Waals surface area contributed by atoms with Crippen molar-refractivity contribution in [2.75, 3.05) is 22.1 Å². The molecule has 0 aliphatic rings. The van der Waals surface area contributed by atoms with Gasteiger partial charge in [0.1, 0.15) is 0 Å². The average molecular weight is 410 g/mol. The molecule has 4 rings (SSSR count). The smallest absolute Gasteiger partial charge is 0.236 e. The van der Waals surface area contributed by atoms with Gasteiger partial charge in [-0.05, 0) is 49.2 Å². The Kier molecular flexibility index (Phi) is 5.12. The molecule has 0 spiro atoms. The highest BCUT2D eigenvalue weighted by Crippen LogP contribution is 2.12. The van der Waals surface area contributed by atoms with Gasteiger partial charge < -0.3 is 0 Å². The first-order valence-corrected chi connectivity index (χ1v) is 9.95. The summed E-state index contributed by atoms with van der Waals surface area (Å²) in [4.78, 5) is 24.3. The summed E-state index contributed by atoms with van der Waals surface area (Å²) < 4.78 is 3.39. The van der Waals surface area contributed by atoms with Gasteiger partial charge in [-0.1, -0.05) is 0 Å². The molecular weight excluding hydrogens is 392 g/mol. The number of carbonyl (C=O) groups is 2. The van der Waals surface area contributed by atoms with Crippen molar-refractivity contribution in [3.05, 3.63) is 47.8 Å². The molecule has 0 aromatic carbocycles. The van der Waals surface area contributed by atoms with Gasteiger partial charge in [-0.3, -0.25) is 29.0 Å². The van der Waals surface area contributed by atoms with Gasteiger partial charge in [-0.15, -0.1) is 32.2 Å². The quantitative estimate of drug-likeness (QED) is 0.497. The maximum absolute atomic E-state index is 12.2. The summed E-state index contributed by atoms with van der Waals surface area (Å²) >= 11 is 1.19. The predicted molar refractivity (Wildman–Crippen MR) is 110 cm³/mol. The number of aromatic nitrogens is 6. The molecule has 29 heavy (non-hydrogen) atoms. The Labute approximate surface area is 169 Å². The number of rotatable bonds is 6. The second kappa shape index (κ2) is 7.87. The standard InChI is InChI=1S/C18H18N8O2S/c1-11-3-5-25-13(7-11)21-23-17(25)19-15(27)9-29-10-16(28)20-18-24-22-14-8-12(2)4-6-26(14)18/h3-8H,9-10H2,1-2H3,(H,19,23,27)(H,20,24,28). The third-order valence-corrected chi connectivity index (χ3v) is 5.03. The van der Waals surface area contributed by atoms with Gasteiger partial charge in [-0.25, -0.2) is 0 Å². The van der Waals surface area contributed by atoms with E-state index in [1.807, 2.05) is 38.1 Å². The van der Waals surface area contributed by atoms with Gasteiger partial charge in [0.25, 0.3) is 0 Å². The molecule has 0 saturated carbocycles. The molecule has 2 N–H and O–H groups in total. The number of thioether (sulfide) groups is 1. The number of fused-ring (bicyclic) bond motifs is 2. The molecule has 0 fully saturated rings. The molecule has 0 radical (unpaired) electrons. The highest BCUT2D eigenvalue weighted by molar-refractivity contribution is 8.00. The van der Waals surface area contributed by atoms with E-state index in [0.29, 0.717) is 23.2 Å². The van der Waals surface area contributed by atoms with Crippen molar-refractivity contribution in [1.82, 2.24) is 29.2 Å². The number of nitrogens with one attached hydrogen (secondary N) is 2. The van der Waals surface area contributed by atoms with Gasteiger partial charge >= 0.3 is 0 Å². The molecule has 11 heteroatoms. The van der Waals surface area contributed by atoms with Crippen LogP contribution < -0.4 is 10.6 Å². The first kappa shape index (κ1) is 18.9. The Bertz CT molecular complexity index is 1120. The minimum atomic E-state index is -0.263. The largest absolute Gasteiger partial charge is 0.294 e. The summed E-state index contributed by atoms with van der Waals surface area (Å²) in [5.74, 6) is 0.379. The van der Waals surface area contributed by atoms with Crippen LogP contribution in [0.25, 0.3) is 11.3 Å². The van der Waals surface area contributed by atoms with Crippen LogP contribution in [0.5, 0.6) is 0 Å². The number of aryl methyl sites for hydroxylation is 2. The second-order valence-electron chi connectivity index (χ2n) is 6.50. The van der Waals surface area contributed by atoms with Crippen LogP contribution in [-0.2, 0) is 9.59 Å². The lowest BCUT2D eigenvalue weighted by molar-refractivity contribution is -0.114. The SMILES string of the molecule is Cc1ccn2c(NC(=O)CSCC(=O)Nc3nnc4cc(C)ccn34)nnc2c1. The van der Waals surface area contributed by atoms with E-state index in [2.05, 4.69) is 31.0 Å². The van der Waals surface area contributed by atoms with Crippen LogP contribution in [0.4, 0.5) is 11.9 Å². The highest BCUT2D eigenvalue weighted by atomic mass is 32.2. The third kappa shape index (κ3) is 4.19. The van der Waals surface area contributed by atoms with Crippen molar-refractivity contribution in [3.63, 3.8) is 0 Å². The molecule has 4 aromatic heterocycles. The van der Waals surface area contributed by atoms with Crippen molar-refractivity contribution in [1.29, 1.82) is 0 Å². The first-order valence-electron chi connectivity index (χ1n) is 8.80. The first-order chi connectivity index (χ1) is 14.0. The summed E-state index contributed by atoms with van der Waals surface area (Å²) in [6.45, 7) is 3.91. The maximum atomic E-state index is 12.2. The zero-order chi connectivity index (χ0) is 20.4. The molecule has 4 heterocycles. The van der Waals surface area contributed by atoms with Gasteiger partial charge in [0.05, 0.1) is 11.5 Å². The normalized spacial score (nSPS) is 11.1. The van der Waals surface area contributed by atoms with Crippen molar-refractivity contribution in [2.45, 2.75) is 13.8 Å². The van der Waals surface area contributed by atoms with Crippen molar-refractivity contribution in [2.24, 2.45) is 0 Å². The van der Waals surface area contributed by atoms with E-state index in [4.69, 9.17) is 0 Å². The van der Waals surface area contributed by atoms with E-state index in [9.17, 15) is 9.59 Å². The summed E-state index contributed by atoms with van der Waals surface area (Å²) in [6, 6.07) is 7.55.